The summed E-state index contributed by atoms with van der Waals surface area (Å²) in [5.41, 5.74) is -0.394. The normalized spacial score (nSPS) is 13.5. The van der Waals surface area contributed by atoms with E-state index in [0.29, 0.717) is 5.00 Å². The summed E-state index contributed by atoms with van der Waals surface area (Å²) in [6, 6.07) is 1.66. The lowest BCUT2D eigenvalue weighted by atomic mass is 10.2. The van der Waals surface area contributed by atoms with Crippen LogP contribution < -0.4 is 5.32 Å². The van der Waals surface area contributed by atoms with E-state index in [4.69, 9.17) is 13.9 Å². The zero-order valence-corrected chi connectivity index (χ0v) is 21.5. The Morgan fingerprint density at radius 1 is 1.13 bits per heavy atom. The molecule has 1 rings (SSSR count). The molecular weight excluding hydrogens is 422 g/mol. The van der Waals surface area contributed by atoms with Crippen molar-refractivity contribution in [1.29, 1.82) is 0 Å². The van der Waals surface area contributed by atoms with Crippen molar-refractivity contribution in [3.05, 3.63) is 16.5 Å². The average molecular weight is 458 g/mol. The van der Waals surface area contributed by atoms with Crippen LogP contribution >= 0.6 is 11.3 Å². The monoisotopic (exact) mass is 457 g/mol. The zero-order chi connectivity index (χ0) is 23.5. The van der Waals surface area contributed by atoms with Gasteiger partial charge in [-0.15, -0.1) is 11.3 Å². The predicted octanol–water partition coefficient (Wildman–Crippen LogP) is 4.90. The van der Waals surface area contributed by atoms with E-state index in [-0.39, 0.29) is 17.0 Å². The van der Waals surface area contributed by atoms with E-state index in [2.05, 4.69) is 26.1 Å². The number of anilines is 1. The quantitative estimate of drug-likeness (QED) is 0.462. The first-order valence-corrected chi connectivity index (χ1v) is 13.6. The highest BCUT2D eigenvalue weighted by molar-refractivity contribution is 7.16. The molecule has 1 aromatic heterocycles. The fraction of sp³-hybridized carbons (Fsp3) is 0.667. The molecule has 0 fully saturated rings. The van der Waals surface area contributed by atoms with Crippen LogP contribution in [0.1, 0.15) is 63.2 Å². The highest BCUT2D eigenvalue weighted by atomic mass is 32.1. The van der Waals surface area contributed by atoms with E-state index >= 15 is 0 Å². The van der Waals surface area contributed by atoms with E-state index in [1.165, 1.54) is 18.4 Å². The van der Waals surface area contributed by atoms with Gasteiger partial charge in [-0.3, -0.25) is 9.59 Å². The van der Waals surface area contributed by atoms with Gasteiger partial charge < -0.3 is 19.2 Å². The highest BCUT2D eigenvalue weighted by Crippen LogP contribution is 2.38. The maximum atomic E-state index is 13.1. The molecule has 9 heteroatoms. The molecule has 0 aliphatic heterocycles. The van der Waals surface area contributed by atoms with Crippen molar-refractivity contribution in [2.75, 3.05) is 12.4 Å². The summed E-state index contributed by atoms with van der Waals surface area (Å²) in [6.45, 7) is 17.3. The van der Waals surface area contributed by atoms with Gasteiger partial charge in [0.25, 0.3) is 5.91 Å². The zero-order valence-electron chi connectivity index (χ0n) is 19.7. The molecule has 1 atom stereocenters. The van der Waals surface area contributed by atoms with Crippen LogP contribution in [0.4, 0.5) is 5.00 Å². The number of hydrogen-bond donors (Lipinski definition) is 1. The number of carbonyl (C=O) groups excluding carboxylic acids is 3. The minimum Gasteiger partial charge on any atom is -0.465 e. The lowest BCUT2D eigenvalue weighted by molar-refractivity contribution is -0.158. The number of esters is 2. The van der Waals surface area contributed by atoms with Crippen LogP contribution in [0.5, 0.6) is 0 Å². The van der Waals surface area contributed by atoms with Crippen LogP contribution in [0.2, 0.25) is 18.1 Å². The summed E-state index contributed by atoms with van der Waals surface area (Å²) in [5, 5.41) is 2.97. The van der Waals surface area contributed by atoms with Crippen molar-refractivity contribution in [2.45, 2.75) is 84.7 Å². The standard InChI is InChI=1S/C21H35NO6SSi/c1-13-11-14(19(25)26-8)18(29-13)22-17(24)15(12-16(23)27-20(2,3)4)28-30(9,10)21(5,6)7/h11,15H,12H2,1-10H3,(H,22,24)/t15-/m0/s1. The Kier molecular flexibility index (Phi) is 8.43. The fourth-order valence-corrected chi connectivity index (χ4v) is 4.47. The summed E-state index contributed by atoms with van der Waals surface area (Å²) < 4.78 is 16.5. The first-order valence-electron chi connectivity index (χ1n) is 9.86. The van der Waals surface area contributed by atoms with Gasteiger partial charge in [0.15, 0.2) is 8.32 Å². The third kappa shape index (κ3) is 7.52. The summed E-state index contributed by atoms with van der Waals surface area (Å²) in [6.07, 6.45) is -1.25. The number of thiophene rings is 1. The van der Waals surface area contributed by atoms with Gasteiger partial charge in [0.2, 0.25) is 0 Å². The lowest BCUT2D eigenvalue weighted by Gasteiger charge is -2.38. The number of amides is 1. The molecule has 0 aliphatic carbocycles. The summed E-state index contributed by atoms with van der Waals surface area (Å²) in [7, 11) is -1.08. The summed E-state index contributed by atoms with van der Waals surface area (Å²) >= 11 is 1.26. The molecule has 1 heterocycles. The Bertz CT molecular complexity index is 788. The van der Waals surface area contributed by atoms with Crippen LogP contribution in [-0.4, -0.2) is 45.0 Å². The molecule has 7 nitrogen and oxygen atoms in total. The molecule has 0 aliphatic rings. The Morgan fingerprint density at radius 2 is 1.70 bits per heavy atom. The molecule has 0 unspecified atom stereocenters. The van der Waals surface area contributed by atoms with Crippen molar-refractivity contribution in [3.63, 3.8) is 0 Å². The Hall–Kier alpha value is -1.71. The molecular formula is C21H35NO6SSi. The minimum absolute atomic E-state index is 0.157. The van der Waals surface area contributed by atoms with Gasteiger partial charge in [-0.05, 0) is 51.9 Å². The van der Waals surface area contributed by atoms with Crippen LogP contribution in [0.3, 0.4) is 0 Å². The maximum absolute atomic E-state index is 13.1. The van der Waals surface area contributed by atoms with Crippen molar-refractivity contribution in [3.8, 4) is 0 Å². The largest absolute Gasteiger partial charge is 0.465 e. The van der Waals surface area contributed by atoms with Gasteiger partial charge in [-0.25, -0.2) is 4.79 Å². The van der Waals surface area contributed by atoms with Gasteiger partial charge in [-0.1, -0.05) is 20.8 Å². The molecule has 0 radical (unpaired) electrons. The molecule has 1 N–H and O–H groups in total. The van der Waals surface area contributed by atoms with Crippen LogP contribution in [0, 0.1) is 6.92 Å². The van der Waals surface area contributed by atoms with E-state index in [0.717, 1.165) is 4.88 Å². The van der Waals surface area contributed by atoms with Gasteiger partial charge in [0.1, 0.15) is 16.7 Å². The number of nitrogens with one attached hydrogen (secondary N) is 1. The number of ether oxygens (including phenoxy) is 2. The smallest absolute Gasteiger partial charge is 0.340 e. The highest BCUT2D eigenvalue weighted by Gasteiger charge is 2.42. The van der Waals surface area contributed by atoms with Crippen molar-refractivity contribution < 1.29 is 28.3 Å². The van der Waals surface area contributed by atoms with Crippen molar-refractivity contribution >= 4 is 42.5 Å². The second-order valence-electron chi connectivity index (χ2n) is 9.74. The van der Waals surface area contributed by atoms with Gasteiger partial charge >= 0.3 is 11.9 Å². The molecule has 0 spiro atoms. The lowest BCUT2D eigenvalue weighted by Crippen LogP contribution is -2.48. The molecule has 1 amide bonds. The van der Waals surface area contributed by atoms with Gasteiger partial charge in [0.05, 0.1) is 19.1 Å². The SMILES string of the molecule is COC(=O)c1cc(C)sc1NC(=O)[C@H](CC(=O)OC(C)(C)C)O[Si](C)(C)C(C)(C)C. The summed E-state index contributed by atoms with van der Waals surface area (Å²) in [4.78, 5) is 38.4. The summed E-state index contributed by atoms with van der Waals surface area (Å²) in [5.74, 6) is -1.54. The van der Waals surface area contributed by atoms with Crippen LogP contribution in [0.15, 0.2) is 6.07 Å². The number of methoxy groups -OCH3 is 1. The third-order valence-electron chi connectivity index (χ3n) is 4.80. The van der Waals surface area contributed by atoms with E-state index < -0.39 is 37.9 Å². The van der Waals surface area contributed by atoms with Crippen molar-refractivity contribution in [2.24, 2.45) is 0 Å². The van der Waals surface area contributed by atoms with Crippen LogP contribution in [-0.2, 0) is 23.5 Å². The Morgan fingerprint density at radius 3 is 2.17 bits per heavy atom. The molecule has 1 aromatic rings. The molecule has 0 saturated carbocycles. The minimum atomic E-state index is -2.37. The molecule has 0 saturated heterocycles. The second-order valence-corrected chi connectivity index (χ2v) is 15.8. The Balaban J connectivity index is 3.16. The first kappa shape index (κ1) is 26.3. The predicted molar refractivity (Wildman–Crippen MR) is 122 cm³/mol. The van der Waals surface area contributed by atoms with E-state index in [1.54, 1.807) is 26.8 Å². The van der Waals surface area contributed by atoms with Crippen LogP contribution in [0.25, 0.3) is 0 Å². The fourth-order valence-electron chi connectivity index (χ4n) is 2.32. The first-order chi connectivity index (χ1) is 13.5. The third-order valence-corrected chi connectivity index (χ3v) is 10.3. The average Bonchev–Trinajstić information content (AvgIpc) is 2.90. The molecule has 0 aromatic carbocycles. The second kappa shape index (κ2) is 9.61. The number of carbonyl (C=O) groups is 3. The topological polar surface area (TPSA) is 90.9 Å². The maximum Gasteiger partial charge on any atom is 0.340 e. The van der Waals surface area contributed by atoms with Gasteiger partial charge in [-0.2, -0.15) is 0 Å². The molecule has 30 heavy (non-hydrogen) atoms. The van der Waals surface area contributed by atoms with Gasteiger partial charge in [0, 0.05) is 4.88 Å². The number of rotatable bonds is 7. The number of aryl methyl sites for hydroxylation is 1. The number of hydrogen-bond acceptors (Lipinski definition) is 7. The molecule has 170 valence electrons. The van der Waals surface area contributed by atoms with E-state index in [9.17, 15) is 14.4 Å². The molecule has 0 bridgehead atoms. The van der Waals surface area contributed by atoms with E-state index in [1.807, 2.05) is 20.0 Å². The van der Waals surface area contributed by atoms with Crippen molar-refractivity contribution in [1.82, 2.24) is 0 Å². The Labute approximate surface area is 184 Å².